The lowest BCUT2D eigenvalue weighted by Crippen LogP contribution is -2.09. The Hall–Kier alpha value is -0.0400. The molecule has 0 aromatic heterocycles. The van der Waals surface area contributed by atoms with Crippen molar-refractivity contribution in [3.05, 3.63) is 0 Å². The Morgan fingerprint density at radius 2 is 1.60 bits per heavy atom. The van der Waals surface area contributed by atoms with Gasteiger partial charge in [-0.25, -0.2) is 0 Å². The summed E-state index contributed by atoms with van der Waals surface area (Å²) in [6.45, 7) is 7.04. The Bertz CT molecular complexity index is 61.1. The summed E-state index contributed by atoms with van der Waals surface area (Å²) in [6.07, 6.45) is 3.51. The Morgan fingerprint density at radius 3 is 2.00 bits per heavy atom. The quantitative estimate of drug-likeness (QED) is 0.628. The van der Waals surface area contributed by atoms with E-state index in [1.165, 1.54) is 12.8 Å². The van der Waals surface area contributed by atoms with Crippen molar-refractivity contribution in [1.29, 1.82) is 0 Å². The molecule has 0 aliphatic rings. The van der Waals surface area contributed by atoms with Gasteiger partial charge in [-0.1, -0.05) is 33.6 Å². The summed E-state index contributed by atoms with van der Waals surface area (Å²) in [7, 11) is 0. The first-order valence-electron chi connectivity index (χ1n) is 4.33. The largest absolute Gasteiger partial charge is 0.396 e. The van der Waals surface area contributed by atoms with Gasteiger partial charge in [-0.15, -0.1) is 0 Å². The van der Waals surface area contributed by atoms with Crippen molar-refractivity contribution in [3.63, 3.8) is 0 Å². The molecule has 10 heavy (non-hydrogen) atoms. The normalized spacial score (nSPS) is 16.8. The highest BCUT2D eigenvalue weighted by atomic mass is 16.3. The maximum Gasteiger partial charge on any atom is 0.0433 e. The molecule has 0 aliphatic carbocycles. The summed E-state index contributed by atoms with van der Waals surface area (Å²) in [5.74, 6) is 1.46. The van der Waals surface area contributed by atoms with Gasteiger partial charge in [-0.2, -0.15) is 0 Å². The predicted octanol–water partition coefficient (Wildman–Crippen LogP) is 2.44. The van der Waals surface area contributed by atoms with Crippen molar-refractivity contribution in [3.8, 4) is 0 Å². The molecule has 0 bridgehead atoms. The predicted molar refractivity (Wildman–Crippen MR) is 44.9 cm³/mol. The molecule has 0 saturated carbocycles. The van der Waals surface area contributed by atoms with Crippen molar-refractivity contribution in [2.45, 2.75) is 40.0 Å². The highest BCUT2D eigenvalue weighted by molar-refractivity contribution is 4.60. The van der Waals surface area contributed by atoms with Crippen LogP contribution in [0.1, 0.15) is 40.0 Å². The van der Waals surface area contributed by atoms with E-state index in [0.29, 0.717) is 12.5 Å². The topological polar surface area (TPSA) is 20.2 Å². The second kappa shape index (κ2) is 5.72. The van der Waals surface area contributed by atoms with Gasteiger partial charge in [0.1, 0.15) is 0 Å². The van der Waals surface area contributed by atoms with Crippen molar-refractivity contribution in [1.82, 2.24) is 0 Å². The van der Waals surface area contributed by atoms with Gasteiger partial charge in [0.25, 0.3) is 0 Å². The summed E-state index contributed by atoms with van der Waals surface area (Å²) in [5, 5.41) is 8.65. The van der Waals surface area contributed by atoms with Crippen LogP contribution in [0.15, 0.2) is 0 Å². The molecule has 62 valence electrons. The molecule has 1 nitrogen and oxygen atoms in total. The molecule has 0 rings (SSSR count). The zero-order valence-corrected chi connectivity index (χ0v) is 7.43. The van der Waals surface area contributed by atoms with Gasteiger partial charge in [-0.3, -0.25) is 0 Å². The summed E-state index contributed by atoms with van der Waals surface area (Å²) >= 11 is 0. The maximum atomic E-state index is 8.65. The number of aliphatic hydroxyl groups excluding tert-OH is 1. The van der Waals surface area contributed by atoms with Crippen LogP contribution in [0.4, 0.5) is 0 Å². The van der Waals surface area contributed by atoms with Crippen LogP contribution < -0.4 is 0 Å². The van der Waals surface area contributed by atoms with Crippen molar-refractivity contribution < 1.29 is 5.11 Å². The molecule has 0 aromatic rings. The van der Waals surface area contributed by atoms with E-state index in [4.69, 9.17) is 5.11 Å². The third-order valence-electron chi connectivity index (χ3n) is 2.30. The lowest BCUT2D eigenvalue weighted by atomic mass is 9.90. The molecule has 1 N–H and O–H groups in total. The maximum absolute atomic E-state index is 8.65. The molecule has 0 heterocycles. The minimum atomic E-state index is 0.342. The van der Waals surface area contributed by atoms with E-state index in [1.54, 1.807) is 0 Å². The highest BCUT2D eigenvalue weighted by Crippen LogP contribution is 2.18. The van der Waals surface area contributed by atoms with Crippen LogP contribution in [-0.4, -0.2) is 11.7 Å². The van der Waals surface area contributed by atoms with E-state index < -0.39 is 0 Å². The molecule has 0 amide bonds. The molecular formula is C9H20O. The lowest BCUT2D eigenvalue weighted by Gasteiger charge is -2.17. The molecule has 0 fully saturated rings. The molecule has 1 heteroatoms. The van der Waals surface area contributed by atoms with Crippen LogP contribution in [0.25, 0.3) is 0 Å². The zero-order chi connectivity index (χ0) is 7.98. The molecule has 0 saturated heterocycles. The average Bonchev–Trinajstić information content (AvgIpc) is 1.89. The van der Waals surface area contributed by atoms with Crippen LogP contribution in [0.5, 0.6) is 0 Å². The Balaban J connectivity index is 3.38. The fraction of sp³-hybridized carbons (Fsp3) is 1.00. The minimum absolute atomic E-state index is 0.342. The van der Waals surface area contributed by atoms with Gasteiger partial charge >= 0.3 is 0 Å². The average molecular weight is 144 g/mol. The van der Waals surface area contributed by atoms with Gasteiger partial charge in [0.2, 0.25) is 0 Å². The van der Waals surface area contributed by atoms with E-state index in [1.807, 2.05) is 0 Å². The summed E-state index contributed by atoms with van der Waals surface area (Å²) in [5.41, 5.74) is 0. The third kappa shape index (κ3) is 3.89. The second-order valence-corrected chi connectivity index (χ2v) is 3.26. The van der Waals surface area contributed by atoms with E-state index in [0.717, 1.165) is 12.3 Å². The van der Waals surface area contributed by atoms with Crippen LogP contribution in [0.2, 0.25) is 0 Å². The monoisotopic (exact) mass is 144 g/mol. The molecular weight excluding hydrogens is 124 g/mol. The molecule has 0 spiro atoms. The highest BCUT2D eigenvalue weighted by Gasteiger charge is 2.09. The van der Waals surface area contributed by atoms with Crippen LogP contribution in [0.3, 0.4) is 0 Å². The minimum Gasteiger partial charge on any atom is -0.396 e. The second-order valence-electron chi connectivity index (χ2n) is 3.26. The van der Waals surface area contributed by atoms with Gasteiger partial charge in [-0.05, 0) is 18.3 Å². The molecule has 2 unspecified atom stereocenters. The van der Waals surface area contributed by atoms with Gasteiger partial charge in [0.05, 0.1) is 0 Å². The lowest BCUT2D eigenvalue weighted by molar-refractivity contribution is 0.230. The van der Waals surface area contributed by atoms with Crippen LogP contribution >= 0.6 is 0 Å². The zero-order valence-electron chi connectivity index (χ0n) is 7.43. The first-order chi connectivity index (χ1) is 4.72. The fourth-order valence-corrected chi connectivity index (χ4v) is 1.23. The summed E-state index contributed by atoms with van der Waals surface area (Å²) < 4.78 is 0. The van der Waals surface area contributed by atoms with Crippen LogP contribution in [0, 0.1) is 11.8 Å². The van der Waals surface area contributed by atoms with E-state index in [2.05, 4.69) is 20.8 Å². The molecule has 0 radical (unpaired) electrons. The third-order valence-corrected chi connectivity index (χ3v) is 2.30. The first-order valence-corrected chi connectivity index (χ1v) is 4.33. The fourth-order valence-electron chi connectivity index (χ4n) is 1.23. The van der Waals surface area contributed by atoms with Gasteiger partial charge in [0, 0.05) is 6.61 Å². The van der Waals surface area contributed by atoms with Crippen molar-refractivity contribution in [2.24, 2.45) is 11.8 Å². The number of hydrogen-bond donors (Lipinski definition) is 1. The SMILES string of the molecule is CCCC(C)C(C)CCO. The smallest absolute Gasteiger partial charge is 0.0433 e. The van der Waals surface area contributed by atoms with Gasteiger partial charge < -0.3 is 5.11 Å². The van der Waals surface area contributed by atoms with Gasteiger partial charge in [0.15, 0.2) is 0 Å². The van der Waals surface area contributed by atoms with Crippen molar-refractivity contribution >= 4 is 0 Å². The van der Waals surface area contributed by atoms with Crippen LogP contribution in [-0.2, 0) is 0 Å². The summed E-state index contributed by atoms with van der Waals surface area (Å²) in [4.78, 5) is 0. The number of rotatable bonds is 5. The number of hydrogen-bond acceptors (Lipinski definition) is 1. The van der Waals surface area contributed by atoms with Crippen molar-refractivity contribution in [2.75, 3.05) is 6.61 Å². The summed E-state index contributed by atoms with van der Waals surface area (Å²) in [6, 6.07) is 0. The Morgan fingerprint density at radius 1 is 1.10 bits per heavy atom. The van der Waals surface area contributed by atoms with E-state index >= 15 is 0 Å². The standard InChI is InChI=1S/C9H20O/c1-4-5-8(2)9(3)6-7-10/h8-10H,4-7H2,1-3H3. The Labute approximate surface area is 64.5 Å². The van der Waals surface area contributed by atoms with E-state index in [-0.39, 0.29) is 0 Å². The first kappa shape index (κ1) is 9.96. The number of aliphatic hydroxyl groups is 1. The Kier molecular flexibility index (Phi) is 5.70. The van der Waals surface area contributed by atoms with E-state index in [9.17, 15) is 0 Å². The molecule has 0 aliphatic heterocycles. The molecule has 2 atom stereocenters. The molecule has 0 aromatic carbocycles.